The third-order valence-corrected chi connectivity index (χ3v) is 1.98. The Labute approximate surface area is 83.8 Å². The highest BCUT2D eigenvalue weighted by Gasteiger charge is 2.32. The fourth-order valence-corrected chi connectivity index (χ4v) is 1.06. The van der Waals surface area contributed by atoms with Crippen LogP contribution >= 0.6 is 0 Å². The van der Waals surface area contributed by atoms with Gasteiger partial charge >= 0.3 is 5.97 Å². The highest BCUT2D eigenvalue weighted by molar-refractivity contribution is 6.43. The van der Waals surface area contributed by atoms with Gasteiger partial charge in [0.1, 0.15) is 5.92 Å². The molecule has 0 aromatic heterocycles. The quantitative estimate of drug-likeness (QED) is 0.677. The second kappa shape index (κ2) is 4.35. The highest BCUT2D eigenvalue weighted by Crippen LogP contribution is 2.19. The van der Waals surface area contributed by atoms with Crippen molar-refractivity contribution in [2.45, 2.75) is 34.1 Å². The molecule has 0 fully saturated rings. The average molecular weight is 199 g/mol. The van der Waals surface area contributed by atoms with Gasteiger partial charge in [0.15, 0.2) is 5.78 Å². The van der Waals surface area contributed by atoms with Crippen molar-refractivity contribution in [1.82, 2.24) is 0 Å². The van der Waals surface area contributed by atoms with Gasteiger partial charge in [-0.2, -0.15) is 0 Å². The standard InChI is InChI=1S/C10H17NO3/c1-5-6(9(13)14)7(11)8(12)10(2,3)4/h6,11H,5H2,1-4H3,(H,13,14)/t6-/m0/s1. The summed E-state index contributed by atoms with van der Waals surface area (Å²) in [4.78, 5) is 22.3. The van der Waals surface area contributed by atoms with E-state index in [9.17, 15) is 9.59 Å². The number of rotatable bonds is 4. The van der Waals surface area contributed by atoms with Crippen molar-refractivity contribution in [2.24, 2.45) is 11.3 Å². The van der Waals surface area contributed by atoms with Crippen LogP contribution in [0.2, 0.25) is 0 Å². The fraction of sp³-hybridized carbons (Fsp3) is 0.700. The molecule has 0 saturated heterocycles. The molecule has 0 aliphatic heterocycles. The molecular weight excluding hydrogens is 182 g/mol. The molecule has 0 aliphatic rings. The summed E-state index contributed by atoms with van der Waals surface area (Å²) < 4.78 is 0. The van der Waals surface area contributed by atoms with Crippen LogP contribution in [0.4, 0.5) is 0 Å². The lowest BCUT2D eigenvalue weighted by Crippen LogP contribution is -2.36. The Morgan fingerprint density at radius 3 is 2.00 bits per heavy atom. The molecule has 4 nitrogen and oxygen atoms in total. The summed E-state index contributed by atoms with van der Waals surface area (Å²) in [5.41, 5.74) is -0.979. The molecule has 0 aromatic carbocycles. The smallest absolute Gasteiger partial charge is 0.312 e. The number of carbonyl (C=O) groups excluding carboxylic acids is 1. The van der Waals surface area contributed by atoms with Crippen molar-refractivity contribution in [3.8, 4) is 0 Å². The number of carboxylic acid groups (broad SMARTS) is 1. The molecule has 0 aromatic rings. The topological polar surface area (TPSA) is 78.2 Å². The lowest BCUT2D eigenvalue weighted by atomic mass is 9.83. The van der Waals surface area contributed by atoms with Crippen LogP contribution in [0, 0.1) is 16.7 Å². The van der Waals surface area contributed by atoms with Gasteiger partial charge in [0.2, 0.25) is 0 Å². The second-order valence-electron chi connectivity index (χ2n) is 4.29. The average Bonchev–Trinajstić information content (AvgIpc) is 2.01. The van der Waals surface area contributed by atoms with Crippen molar-refractivity contribution in [3.63, 3.8) is 0 Å². The first-order chi connectivity index (χ1) is 6.21. The summed E-state index contributed by atoms with van der Waals surface area (Å²) in [6.07, 6.45) is 0.274. The van der Waals surface area contributed by atoms with Gasteiger partial charge in [-0.3, -0.25) is 9.59 Å². The molecule has 0 unspecified atom stereocenters. The van der Waals surface area contributed by atoms with Crippen molar-refractivity contribution >= 4 is 17.5 Å². The number of carboxylic acids is 1. The molecule has 0 aliphatic carbocycles. The minimum atomic E-state index is -1.10. The molecule has 0 bridgehead atoms. The van der Waals surface area contributed by atoms with Crippen molar-refractivity contribution in [3.05, 3.63) is 0 Å². The van der Waals surface area contributed by atoms with Gasteiger partial charge in [0.05, 0.1) is 5.71 Å². The normalized spacial score (nSPS) is 13.4. The SMILES string of the molecule is CC[C@@H](C(=N)C(=O)C(C)(C)C)C(=O)O. The summed E-state index contributed by atoms with van der Waals surface area (Å²) in [6, 6.07) is 0. The summed E-state index contributed by atoms with van der Waals surface area (Å²) in [5.74, 6) is -2.47. The molecule has 0 amide bonds. The van der Waals surface area contributed by atoms with E-state index in [-0.39, 0.29) is 12.1 Å². The van der Waals surface area contributed by atoms with E-state index in [2.05, 4.69) is 0 Å². The molecule has 0 rings (SSSR count). The number of carbonyl (C=O) groups is 2. The van der Waals surface area contributed by atoms with Gasteiger partial charge in [-0.25, -0.2) is 0 Å². The number of aliphatic carboxylic acids is 1. The van der Waals surface area contributed by atoms with E-state index in [1.807, 2.05) is 0 Å². The molecule has 14 heavy (non-hydrogen) atoms. The van der Waals surface area contributed by atoms with Crippen LogP contribution in [0.1, 0.15) is 34.1 Å². The Balaban J connectivity index is 4.78. The van der Waals surface area contributed by atoms with Crippen LogP contribution in [0.3, 0.4) is 0 Å². The number of hydrogen-bond acceptors (Lipinski definition) is 3. The Hall–Kier alpha value is -1.19. The fourth-order valence-electron chi connectivity index (χ4n) is 1.06. The number of nitrogens with one attached hydrogen (secondary N) is 1. The Bertz CT molecular complexity index is 263. The van der Waals surface area contributed by atoms with Gasteiger partial charge in [0, 0.05) is 5.41 Å². The second-order valence-corrected chi connectivity index (χ2v) is 4.29. The summed E-state index contributed by atoms with van der Waals surface area (Å²) in [7, 11) is 0. The van der Waals surface area contributed by atoms with E-state index in [4.69, 9.17) is 10.5 Å². The van der Waals surface area contributed by atoms with Gasteiger partial charge in [-0.05, 0) is 6.42 Å². The van der Waals surface area contributed by atoms with Gasteiger partial charge in [-0.15, -0.1) is 0 Å². The van der Waals surface area contributed by atoms with E-state index < -0.39 is 23.1 Å². The van der Waals surface area contributed by atoms with E-state index in [0.29, 0.717) is 0 Å². The van der Waals surface area contributed by atoms with Gasteiger partial charge < -0.3 is 10.5 Å². The molecular formula is C10H17NO3. The maximum Gasteiger partial charge on any atom is 0.312 e. The Morgan fingerprint density at radius 2 is 1.79 bits per heavy atom. The van der Waals surface area contributed by atoms with E-state index in [1.165, 1.54) is 0 Å². The van der Waals surface area contributed by atoms with Crippen LogP contribution in [-0.2, 0) is 9.59 Å². The maximum absolute atomic E-state index is 11.6. The van der Waals surface area contributed by atoms with Crippen molar-refractivity contribution in [2.75, 3.05) is 0 Å². The summed E-state index contributed by atoms with van der Waals surface area (Å²) >= 11 is 0. The van der Waals surface area contributed by atoms with Gasteiger partial charge in [-0.1, -0.05) is 27.7 Å². The summed E-state index contributed by atoms with van der Waals surface area (Å²) in [5, 5.41) is 16.3. The molecule has 0 saturated carbocycles. The maximum atomic E-state index is 11.6. The van der Waals surface area contributed by atoms with E-state index in [1.54, 1.807) is 27.7 Å². The first kappa shape index (κ1) is 12.8. The number of hydrogen-bond donors (Lipinski definition) is 2. The summed E-state index contributed by atoms with van der Waals surface area (Å²) in [6.45, 7) is 6.69. The minimum absolute atomic E-state index is 0.274. The Morgan fingerprint density at radius 1 is 1.36 bits per heavy atom. The lowest BCUT2D eigenvalue weighted by Gasteiger charge is -2.19. The largest absolute Gasteiger partial charge is 0.481 e. The molecule has 0 radical (unpaired) electrons. The number of Topliss-reactive ketones (excluding diaryl/α,β-unsaturated/α-hetero) is 1. The van der Waals surface area contributed by atoms with Crippen LogP contribution in [0.5, 0.6) is 0 Å². The third kappa shape index (κ3) is 2.94. The first-order valence-corrected chi connectivity index (χ1v) is 4.57. The predicted octanol–water partition coefficient (Wildman–Crippen LogP) is 1.73. The van der Waals surface area contributed by atoms with Crippen molar-refractivity contribution < 1.29 is 14.7 Å². The Kier molecular flexibility index (Phi) is 3.98. The zero-order chi connectivity index (χ0) is 11.5. The first-order valence-electron chi connectivity index (χ1n) is 4.57. The minimum Gasteiger partial charge on any atom is -0.481 e. The molecule has 80 valence electrons. The van der Waals surface area contributed by atoms with Crippen molar-refractivity contribution in [1.29, 1.82) is 5.41 Å². The lowest BCUT2D eigenvalue weighted by molar-refractivity contribution is -0.140. The highest BCUT2D eigenvalue weighted by atomic mass is 16.4. The third-order valence-electron chi connectivity index (χ3n) is 1.98. The van der Waals surface area contributed by atoms with E-state index in [0.717, 1.165) is 0 Å². The molecule has 0 spiro atoms. The van der Waals surface area contributed by atoms with Crippen LogP contribution < -0.4 is 0 Å². The number of ketones is 1. The van der Waals surface area contributed by atoms with E-state index >= 15 is 0 Å². The predicted molar refractivity (Wildman–Crippen MR) is 53.6 cm³/mol. The van der Waals surface area contributed by atoms with Crippen LogP contribution in [-0.4, -0.2) is 22.6 Å². The van der Waals surface area contributed by atoms with Crippen LogP contribution in [0.25, 0.3) is 0 Å². The monoisotopic (exact) mass is 199 g/mol. The zero-order valence-corrected chi connectivity index (χ0v) is 9.05. The van der Waals surface area contributed by atoms with Gasteiger partial charge in [0.25, 0.3) is 0 Å². The molecule has 4 heteroatoms. The zero-order valence-electron chi connectivity index (χ0n) is 9.05. The van der Waals surface area contributed by atoms with Crippen LogP contribution in [0.15, 0.2) is 0 Å². The molecule has 0 heterocycles. The molecule has 2 N–H and O–H groups in total. The molecule has 1 atom stereocenters.